The Morgan fingerprint density at radius 3 is 1.95 bits per heavy atom. The van der Waals surface area contributed by atoms with Crippen molar-refractivity contribution in [2.75, 3.05) is 4.90 Å². The molecule has 2 unspecified atom stereocenters. The molecule has 8 aromatic rings. The summed E-state index contributed by atoms with van der Waals surface area (Å²) in [5, 5.41) is 3.64. The maximum absolute atomic E-state index is 5.11. The summed E-state index contributed by atoms with van der Waals surface area (Å²) in [6.07, 6.45) is 22.1. The summed E-state index contributed by atoms with van der Waals surface area (Å²) in [4.78, 5) is 12.6. The number of aromatic nitrogens is 3. The fourth-order valence-electron chi connectivity index (χ4n) is 10.3. The monoisotopic (exact) mass is 798 g/mol. The van der Waals surface area contributed by atoms with Crippen molar-refractivity contribution in [3.05, 3.63) is 234 Å². The first kappa shape index (κ1) is 36.5. The number of pyridine rings is 2. The number of fused-ring (bicyclic) bond motifs is 4. The molecule has 1 saturated carbocycles. The van der Waals surface area contributed by atoms with Gasteiger partial charge < -0.3 is 9.47 Å². The summed E-state index contributed by atoms with van der Waals surface area (Å²) in [5.74, 6) is 1.40. The highest BCUT2D eigenvalue weighted by molar-refractivity contribution is 5.88. The Morgan fingerprint density at radius 2 is 1.21 bits per heavy atom. The second-order valence-electron chi connectivity index (χ2n) is 17.2. The maximum atomic E-state index is 5.11. The third kappa shape index (κ3) is 6.55. The Balaban J connectivity index is 0.850. The second kappa shape index (κ2) is 15.3. The predicted octanol–water partition coefficient (Wildman–Crippen LogP) is 14.5. The summed E-state index contributed by atoms with van der Waals surface area (Å²) >= 11 is 0. The van der Waals surface area contributed by atoms with Crippen LogP contribution in [0.3, 0.4) is 0 Å². The molecule has 4 aliphatic rings. The molecule has 0 bridgehead atoms. The Bertz CT molecular complexity index is 3230. The fourth-order valence-corrected chi connectivity index (χ4v) is 10.3. The van der Waals surface area contributed by atoms with Gasteiger partial charge in [-0.05, 0) is 133 Å². The first-order valence-corrected chi connectivity index (χ1v) is 22.2. The van der Waals surface area contributed by atoms with Gasteiger partial charge in [0.1, 0.15) is 0 Å². The van der Waals surface area contributed by atoms with E-state index in [1.807, 2.05) is 0 Å². The minimum absolute atomic E-state index is 0.445. The fraction of sp³-hybridized carbons (Fsp3) is 0.138. The zero-order valence-corrected chi connectivity index (χ0v) is 34.6. The number of nitrogens with zero attached hydrogens (tertiary/aromatic N) is 4. The summed E-state index contributed by atoms with van der Waals surface area (Å²) in [7, 11) is 0. The van der Waals surface area contributed by atoms with Crippen LogP contribution in [0.2, 0.25) is 0 Å². The molecular formula is C58H46N4. The number of rotatable bonds is 8. The zero-order valence-electron chi connectivity index (χ0n) is 34.6. The molecule has 0 saturated heterocycles. The highest BCUT2D eigenvalue weighted by Crippen LogP contribution is 2.51. The van der Waals surface area contributed by atoms with Crippen LogP contribution in [0.4, 0.5) is 5.69 Å². The van der Waals surface area contributed by atoms with Crippen LogP contribution >= 0.6 is 0 Å². The van der Waals surface area contributed by atoms with Gasteiger partial charge in [-0.2, -0.15) is 0 Å². The number of hydrogen-bond donors (Lipinski definition) is 0. The molecule has 3 atom stereocenters. The number of benzene rings is 5. The second-order valence-corrected chi connectivity index (χ2v) is 17.2. The lowest BCUT2D eigenvalue weighted by Gasteiger charge is -2.45. The van der Waals surface area contributed by atoms with E-state index in [-0.39, 0.29) is 0 Å². The first-order chi connectivity index (χ1) is 30.7. The number of para-hydroxylation sites is 4. The van der Waals surface area contributed by atoms with E-state index in [0.29, 0.717) is 17.8 Å². The van der Waals surface area contributed by atoms with Crippen LogP contribution in [0, 0.1) is 11.8 Å². The highest BCUT2D eigenvalue weighted by Gasteiger charge is 2.42. The summed E-state index contributed by atoms with van der Waals surface area (Å²) in [6.45, 7) is 0. The van der Waals surface area contributed by atoms with Crippen LogP contribution < -0.4 is 4.90 Å². The van der Waals surface area contributed by atoms with Gasteiger partial charge in [-0.3, -0.25) is 4.98 Å². The molecular weight excluding hydrogens is 753 g/mol. The van der Waals surface area contributed by atoms with E-state index in [9.17, 15) is 0 Å². The van der Waals surface area contributed by atoms with E-state index in [1.165, 1.54) is 67.2 Å². The molecule has 0 amide bonds. The van der Waals surface area contributed by atoms with Crippen LogP contribution in [0.25, 0.3) is 55.2 Å². The standard InChI is InChI=1S/C58H46N4/c1-2-13-47(14-3-1)62-57-17-9-6-12-45(57)38-58(62)44-20-18-39(19-21-44)40-22-28-48(29-23-40)61(49-30-24-43(25-31-49)55-34-26-41-10-4-7-15-53(41)59-55)50-32-33-51-46(36-50)37-52(51)56-35-27-42-11-5-8-16-54(42)60-56/h1-18,20,22,24-28,30-36,38,46,51-52H,19,21,23,29,37H2/t46?,51-,52?/m0/s1. The summed E-state index contributed by atoms with van der Waals surface area (Å²) in [5.41, 5.74) is 17.2. The van der Waals surface area contributed by atoms with Crippen molar-refractivity contribution in [2.45, 2.75) is 38.0 Å². The SMILES string of the molecule is C1=C[C@H]2C(C=C1N(C1=CC=C(C3=CC=C(c4cc5ccccc5n4-c4ccccc4)CC3)CC1)c1ccc(-c3ccc4ccccc4n3)cc1)CC2c1ccc2ccccc2n1. The third-order valence-corrected chi connectivity index (χ3v) is 13.7. The van der Waals surface area contributed by atoms with Crippen molar-refractivity contribution in [2.24, 2.45) is 11.8 Å². The van der Waals surface area contributed by atoms with E-state index in [2.05, 4.69) is 210 Å². The molecule has 0 spiro atoms. The van der Waals surface area contributed by atoms with Crippen molar-refractivity contribution in [1.82, 2.24) is 14.5 Å². The third-order valence-electron chi connectivity index (χ3n) is 13.7. The molecule has 3 heterocycles. The van der Waals surface area contributed by atoms with Crippen LogP contribution in [-0.2, 0) is 0 Å². The largest absolute Gasteiger partial charge is 0.315 e. The van der Waals surface area contributed by atoms with Crippen LogP contribution in [0.5, 0.6) is 0 Å². The molecule has 4 heteroatoms. The molecule has 5 aromatic carbocycles. The lowest BCUT2D eigenvalue weighted by molar-refractivity contribution is 0.221. The van der Waals surface area contributed by atoms with Gasteiger partial charge in [-0.15, -0.1) is 0 Å². The minimum Gasteiger partial charge on any atom is -0.315 e. The number of allylic oxidation sites excluding steroid dienone is 11. The first-order valence-electron chi connectivity index (χ1n) is 22.2. The maximum Gasteiger partial charge on any atom is 0.0709 e. The van der Waals surface area contributed by atoms with Crippen LogP contribution in [0.1, 0.15) is 49.4 Å². The average molecular weight is 799 g/mol. The molecule has 0 N–H and O–H groups in total. The average Bonchev–Trinajstić information content (AvgIpc) is 3.73. The molecule has 0 radical (unpaired) electrons. The lowest BCUT2D eigenvalue weighted by atomic mass is 9.61. The van der Waals surface area contributed by atoms with Gasteiger partial charge in [0.05, 0.1) is 27.9 Å². The number of anilines is 1. The van der Waals surface area contributed by atoms with Gasteiger partial charge >= 0.3 is 0 Å². The molecule has 0 aliphatic heterocycles. The van der Waals surface area contributed by atoms with Crippen LogP contribution in [-0.4, -0.2) is 14.5 Å². The zero-order chi connectivity index (χ0) is 41.0. The van der Waals surface area contributed by atoms with Gasteiger partial charge in [0, 0.05) is 56.1 Å². The minimum atomic E-state index is 0.445. The van der Waals surface area contributed by atoms with Crippen molar-refractivity contribution in [1.29, 1.82) is 0 Å². The number of hydrogen-bond acceptors (Lipinski definition) is 3. The molecule has 4 nitrogen and oxygen atoms in total. The molecule has 1 fully saturated rings. The van der Waals surface area contributed by atoms with E-state index < -0.39 is 0 Å². The van der Waals surface area contributed by atoms with E-state index >= 15 is 0 Å². The smallest absolute Gasteiger partial charge is 0.0709 e. The Labute approximate surface area is 362 Å². The molecule has 3 aromatic heterocycles. The van der Waals surface area contributed by atoms with E-state index in [0.717, 1.165) is 59.8 Å². The summed E-state index contributed by atoms with van der Waals surface area (Å²) in [6, 6.07) is 56.5. The molecule has 4 aliphatic carbocycles. The van der Waals surface area contributed by atoms with E-state index in [4.69, 9.17) is 9.97 Å². The molecule has 12 rings (SSSR count). The topological polar surface area (TPSA) is 34.0 Å². The van der Waals surface area contributed by atoms with Gasteiger partial charge in [-0.25, -0.2) is 4.98 Å². The van der Waals surface area contributed by atoms with Gasteiger partial charge in [-0.1, -0.05) is 127 Å². The van der Waals surface area contributed by atoms with Crippen molar-refractivity contribution >= 4 is 44.0 Å². The lowest BCUT2D eigenvalue weighted by Crippen LogP contribution is -2.36. The molecule has 298 valence electrons. The Kier molecular flexibility index (Phi) is 9.02. The predicted molar refractivity (Wildman–Crippen MR) is 257 cm³/mol. The van der Waals surface area contributed by atoms with E-state index in [1.54, 1.807) is 0 Å². The highest BCUT2D eigenvalue weighted by atomic mass is 15.2. The van der Waals surface area contributed by atoms with Gasteiger partial charge in [0.25, 0.3) is 0 Å². The summed E-state index contributed by atoms with van der Waals surface area (Å²) < 4.78 is 2.43. The van der Waals surface area contributed by atoms with Gasteiger partial charge in [0.2, 0.25) is 0 Å². The Morgan fingerprint density at radius 1 is 0.548 bits per heavy atom. The van der Waals surface area contributed by atoms with Crippen LogP contribution in [0.15, 0.2) is 223 Å². The Hall–Kier alpha value is -7.30. The van der Waals surface area contributed by atoms with Crippen molar-refractivity contribution < 1.29 is 0 Å². The van der Waals surface area contributed by atoms with Crippen molar-refractivity contribution in [3.63, 3.8) is 0 Å². The quantitative estimate of drug-likeness (QED) is 0.154. The normalized spacial score (nSPS) is 19.5. The van der Waals surface area contributed by atoms with Gasteiger partial charge in [0.15, 0.2) is 0 Å². The molecule has 62 heavy (non-hydrogen) atoms. The van der Waals surface area contributed by atoms with Crippen molar-refractivity contribution in [3.8, 4) is 16.9 Å².